The lowest BCUT2D eigenvalue weighted by Crippen LogP contribution is -2.30. The van der Waals surface area contributed by atoms with Gasteiger partial charge in [0, 0.05) is 31.1 Å². The van der Waals surface area contributed by atoms with Crippen LogP contribution in [0.5, 0.6) is 0 Å². The standard InChI is InChI=1S/C20H21F3N4O/c1-13(2)9-15(14-5-4-8-24-10-14)11-25-19(28)16-6-3-7-18-26-17(12-27(16)18)20(21,22)23/h3-8,10,12-13,15H,9,11H2,1-2H3,(H,25,28). The SMILES string of the molecule is CC(C)CC(CNC(=O)c1cccc2nc(C(F)(F)F)cn12)c1cccnc1. The molecule has 0 bridgehead atoms. The van der Waals surface area contributed by atoms with Crippen LogP contribution in [0.1, 0.15) is 47.9 Å². The second-order valence-electron chi connectivity index (χ2n) is 7.09. The van der Waals surface area contributed by atoms with E-state index < -0.39 is 17.8 Å². The molecule has 0 spiro atoms. The minimum absolute atomic E-state index is 0.0605. The Morgan fingerprint density at radius 1 is 1.21 bits per heavy atom. The van der Waals surface area contributed by atoms with E-state index in [1.807, 2.05) is 12.1 Å². The monoisotopic (exact) mass is 390 g/mol. The average Bonchev–Trinajstić information content (AvgIpc) is 3.10. The maximum absolute atomic E-state index is 12.9. The third-order valence-corrected chi connectivity index (χ3v) is 4.44. The Morgan fingerprint density at radius 3 is 2.64 bits per heavy atom. The molecular formula is C20H21F3N4O. The minimum atomic E-state index is -4.57. The zero-order valence-electron chi connectivity index (χ0n) is 15.6. The molecule has 0 saturated heterocycles. The van der Waals surface area contributed by atoms with Gasteiger partial charge >= 0.3 is 6.18 Å². The zero-order valence-corrected chi connectivity index (χ0v) is 15.6. The van der Waals surface area contributed by atoms with Crippen LogP contribution in [0.3, 0.4) is 0 Å². The van der Waals surface area contributed by atoms with Crippen LogP contribution in [0.2, 0.25) is 0 Å². The second kappa shape index (κ2) is 8.00. The fourth-order valence-electron chi connectivity index (χ4n) is 3.16. The minimum Gasteiger partial charge on any atom is -0.350 e. The third kappa shape index (κ3) is 4.49. The summed E-state index contributed by atoms with van der Waals surface area (Å²) in [5.41, 5.74) is 0.165. The quantitative estimate of drug-likeness (QED) is 0.682. The second-order valence-corrected chi connectivity index (χ2v) is 7.09. The smallest absolute Gasteiger partial charge is 0.350 e. The van der Waals surface area contributed by atoms with Crippen molar-refractivity contribution in [2.75, 3.05) is 6.54 Å². The molecule has 3 heterocycles. The maximum atomic E-state index is 12.9. The molecule has 0 saturated carbocycles. The Morgan fingerprint density at radius 2 is 2.00 bits per heavy atom. The molecule has 0 fully saturated rings. The summed E-state index contributed by atoms with van der Waals surface area (Å²) < 4.78 is 40.0. The molecule has 148 valence electrons. The van der Waals surface area contributed by atoms with E-state index in [9.17, 15) is 18.0 Å². The first kappa shape index (κ1) is 19.9. The van der Waals surface area contributed by atoms with Crippen LogP contribution in [-0.4, -0.2) is 26.8 Å². The molecule has 3 rings (SSSR count). The molecule has 1 N–H and O–H groups in total. The van der Waals surface area contributed by atoms with Crippen molar-refractivity contribution in [1.29, 1.82) is 0 Å². The molecule has 0 radical (unpaired) electrons. The van der Waals surface area contributed by atoms with Gasteiger partial charge in [-0.05, 0) is 36.1 Å². The van der Waals surface area contributed by atoms with Gasteiger partial charge in [-0.1, -0.05) is 26.0 Å². The highest BCUT2D eigenvalue weighted by atomic mass is 19.4. The lowest BCUT2D eigenvalue weighted by molar-refractivity contribution is -0.140. The summed E-state index contributed by atoms with van der Waals surface area (Å²) in [5.74, 6) is 0.0216. The number of hydrogen-bond donors (Lipinski definition) is 1. The zero-order chi connectivity index (χ0) is 20.3. The highest BCUT2D eigenvalue weighted by Gasteiger charge is 2.34. The number of imidazole rings is 1. The number of halogens is 3. The largest absolute Gasteiger partial charge is 0.434 e. The summed E-state index contributed by atoms with van der Waals surface area (Å²) in [6.45, 7) is 4.55. The van der Waals surface area contributed by atoms with Crippen molar-refractivity contribution in [3.05, 3.63) is 65.9 Å². The average molecular weight is 390 g/mol. The number of alkyl halides is 3. The molecule has 8 heteroatoms. The van der Waals surface area contributed by atoms with Gasteiger partial charge in [-0.15, -0.1) is 0 Å². The number of nitrogens with one attached hydrogen (secondary N) is 1. The normalized spacial score (nSPS) is 13.1. The van der Waals surface area contributed by atoms with Crippen LogP contribution in [0.15, 0.2) is 48.9 Å². The van der Waals surface area contributed by atoms with Crippen LogP contribution < -0.4 is 5.32 Å². The first-order chi connectivity index (χ1) is 13.3. The van der Waals surface area contributed by atoms with Gasteiger partial charge in [0.1, 0.15) is 11.3 Å². The number of rotatable bonds is 6. The van der Waals surface area contributed by atoms with Crippen molar-refractivity contribution in [3.8, 4) is 0 Å². The van der Waals surface area contributed by atoms with Crippen LogP contribution in [0.4, 0.5) is 13.2 Å². The summed E-state index contributed by atoms with van der Waals surface area (Å²) in [4.78, 5) is 20.4. The highest BCUT2D eigenvalue weighted by Crippen LogP contribution is 2.29. The van der Waals surface area contributed by atoms with E-state index in [0.29, 0.717) is 12.5 Å². The number of hydrogen-bond acceptors (Lipinski definition) is 3. The van der Waals surface area contributed by atoms with E-state index >= 15 is 0 Å². The van der Waals surface area contributed by atoms with Gasteiger partial charge in [0.15, 0.2) is 5.69 Å². The molecule has 5 nitrogen and oxygen atoms in total. The molecule has 1 atom stereocenters. The summed E-state index contributed by atoms with van der Waals surface area (Å²) >= 11 is 0. The predicted octanol–water partition coefficient (Wildman–Crippen LogP) is 4.31. The lowest BCUT2D eigenvalue weighted by atomic mass is 9.91. The summed E-state index contributed by atoms with van der Waals surface area (Å²) in [6.07, 6.45) is 0.580. The Balaban J connectivity index is 1.81. The topological polar surface area (TPSA) is 59.3 Å². The number of amides is 1. The molecule has 1 unspecified atom stereocenters. The number of aromatic nitrogens is 3. The number of pyridine rings is 2. The van der Waals surface area contributed by atoms with Gasteiger partial charge in [-0.25, -0.2) is 4.98 Å². The molecule has 0 aromatic carbocycles. The van der Waals surface area contributed by atoms with Crippen molar-refractivity contribution in [2.45, 2.75) is 32.4 Å². The molecular weight excluding hydrogens is 369 g/mol. The molecule has 3 aromatic rings. The van der Waals surface area contributed by atoms with Crippen LogP contribution >= 0.6 is 0 Å². The fraction of sp³-hybridized carbons (Fsp3) is 0.350. The summed E-state index contributed by atoms with van der Waals surface area (Å²) in [6, 6.07) is 8.23. The fourth-order valence-corrected chi connectivity index (χ4v) is 3.16. The van der Waals surface area contributed by atoms with Gasteiger partial charge in [0.2, 0.25) is 0 Å². The first-order valence-corrected chi connectivity index (χ1v) is 8.99. The van der Waals surface area contributed by atoms with E-state index in [1.165, 1.54) is 22.6 Å². The van der Waals surface area contributed by atoms with Crippen LogP contribution in [-0.2, 0) is 6.18 Å². The van der Waals surface area contributed by atoms with Crippen molar-refractivity contribution < 1.29 is 18.0 Å². The van der Waals surface area contributed by atoms with E-state index in [2.05, 4.69) is 29.1 Å². The van der Waals surface area contributed by atoms with Crippen molar-refractivity contribution in [1.82, 2.24) is 19.7 Å². The molecule has 0 aliphatic carbocycles. The number of carbonyl (C=O) groups excluding carboxylic acids is 1. The van der Waals surface area contributed by atoms with Gasteiger partial charge in [0.05, 0.1) is 0 Å². The van der Waals surface area contributed by atoms with Crippen molar-refractivity contribution >= 4 is 11.6 Å². The summed E-state index contributed by atoms with van der Waals surface area (Å²) in [5, 5.41) is 2.85. The molecule has 1 amide bonds. The summed E-state index contributed by atoms with van der Waals surface area (Å²) in [7, 11) is 0. The van der Waals surface area contributed by atoms with Crippen molar-refractivity contribution in [3.63, 3.8) is 0 Å². The third-order valence-electron chi connectivity index (χ3n) is 4.44. The van der Waals surface area contributed by atoms with E-state index in [0.717, 1.165) is 18.2 Å². The Labute approximate surface area is 160 Å². The van der Waals surface area contributed by atoms with Gasteiger partial charge in [-0.3, -0.25) is 14.2 Å². The van der Waals surface area contributed by atoms with E-state index in [4.69, 9.17) is 0 Å². The van der Waals surface area contributed by atoms with Gasteiger partial charge in [-0.2, -0.15) is 13.2 Å². The number of nitrogens with zero attached hydrogens (tertiary/aromatic N) is 3. The first-order valence-electron chi connectivity index (χ1n) is 8.99. The van der Waals surface area contributed by atoms with Gasteiger partial charge in [0.25, 0.3) is 5.91 Å². The van der Waals surface area contributed by atoms with Gasteiger partial charge < -0.3 is 5.32 Å². The number of carbonyl (C=O) groups is 1. The van der Waals surface area contributed by atoms with Crippen molar-refractivity contribution in [2.24, 2.45) is 5.92 Å². The molecule has 28 heavy (non-hydrogen) atoms. The highest BCUT2D eigenvalue weighted by molar-refractivity contribution is 5.93. The van der Waals surface area contributed by atoms with Crippen LogP contribution in [0.25, 0.3) is 5.65 Å². The molecule has 0 aliphatic heterocycles. The van der Waals surface area contributed by atoms with E-state index in [-0.39, 0.29) is 17.3 Å². The molecule has 3 aromatic heterocycles. The molecule has 0 aliphatic rings. The predicted molar refractivity (Wildman–Crippen MR) is 99.0 cm³/mol. The lowest BCUT2D eigenvalue weighted by Gasteiger charge is -2.20. The van der Waals surface area contributed by atoms with Crippen LogP contribution in [0, 0.1) is 5.92 Å². The Bertz CT molecular complexity index is 951. The van der Waals surface area contributed by atoms with E-state index in [1.54, 1.807) is 12.4 Å². The number of fused-ring (bicyclic) bond motifs is 1. The Hall–Kier alpha value is -2.90. The maximum Gasteiger partial charge on any atom is 0.434 e. The Kier molecular flexibility index (Phi) is 5.67.